The molecule has 12 N–H and O–H groups in total. The van der Waals surface area contributed by atoms with Crippen molar-refractivity contribution in [2.75, 3.05) is 18.5 Å². The summed E-state index contributed by atoms with van der Waals surface area (Å²) in [6.07, 6.45) is 3.29. The van der Waals surface area contributed by atoms with Crippen molar-refractivity contribution in [3.63, 3.8) is 0 Å². The maximum atomic E-state index is 13.5. The van der Waals surface area contributed by atoms with Gasteiger partial charge in [-0.15, -0.1) is 0 Å². The largest absolute Gasteiger partial charge is 0.529 e. The van der Waals surface area contributed by atoms with Gasteiger partial charge >= 0.3 is 7.12 Å². The Bertz CT molecular complexity index is 1330. The number of nitrogens with two attached hydrogens (primary N) is 2. The first kappa shape index (κ1) is 47.1. The molecule has 0 fully saturated rings. The first-order valence-electron chi connectivity index (χ1n) is 17.9. The van der Waals surface area contributed by atoms with E-state index in [0.717, 1.165) is 18.4 Å². The average Bonchev–Trinajstić information content (AvgIpc) is 3.13. The van der Waals surface area contributed by atoms with Crippen LogP contribution >= 0.6 is 15.9 Å². The van der Waals surface area contributed by atoms with Crippen LogP contribution in [0, 0.1) is 0 Å². The van der Waals surface area contributed by atoms with E-state index in [4.69, 9.17) is 11.5 Å². The SMILES string of the molecule is CCCC[C@H](NC(=O)[C@H](CCC(N)=O)NC(=O)[C@H](CO)NC(=O)[C@H](Cc1ccccc1)NC(=O)CCCCCN)C(=O)N[C@@H](CCCBr)C(=O)B(O)O. The molecule has 0 heterocycles. The van der Waals surface area contributed by atoms with Gasteiger partial charge in [-0.3, -0.25) is 28.8 Å². The zero-order valence-corrected chi connectivity index (χ0v) is 31.8. The molecule has 0 saturated carbocycles. The highest BCUT2D eigenvalue weighted by Crippen LogP contribution is 2.09. The van der Waals surface area contributed by atoms with E-state index in [0.29, 0.717) is 37.6 Å². The summed E-state index contributed by atoms with van der Waals surface area (Å²) in [5.41, 5.74) is 10.5. The van der Waals surface area contributed by atoms with E-state index in [9.17, 15) is 48.7 Å². The molecule has 1 rings (SSSR count). The van der Waals surface area contributed by atoms with E-state index in [1.807, 2.05) is 6.92 Å². The van der Waals surface area contributed by atoms with Crippen molar-refractivity contribution in [1.82, 2.24) is 26.6 Å². The molecular weight excluding hydrogens is 757 g/mol. The Kier molecular flexibility index (Phi) is 23.8. The number of aliphatic hydroxyl groups excluding tert-OH is 1. The molecular formula is C34H55BBrN7O10. The van der Waals surface area contributed by atoms with Crippen molar-refractivity contribution in [3.05, 3.63) is 35.9 Å². The van der Waals surface area contributed by atoms with Gasteiger partial charge in [-0.2, -0.15) is 0 Å². The van der Waals surface area contributed by atoms with Gasteiger partial charge in [0, 0.05) is 24.6 Å². The van der Waals surface area contributed by atoms with Crippen molar-refractivity contribution in [3.8, 4) is 0 Å². The highest BCUT2D eigenvalue weighted by molar-refractivity contribution is 9.09. The number of alkyl halides is 1. The molecule has 296 valence electrons. The Morgan fingerprint density at radius 1 is 0.698 bits per heavy atom. The van der Waals surface area contributed by atoms with Crippen LogP contribution in [0.5, 0.6) is 0 Å². The summed E-state index contributed by atoms with van der Waals surface area (Å²) in [5.74, 6) is -4.63. The fraction of sp³-hybridized carbons (Fsp3) is 0.618. The third-order valence-corrected chi connectivity index (χ3v) is 8.75. The normalized spacial score (nSPS) is 13.7. The number of halogens is 1. The van der Waals surface area contributed by atoms with Crippen LogP contribution in [0.4, 0.5) is 0 Å². The summed E-state index contributed by atoms with van der Waals surface area (Å²) >= 11 is 3.22. The number of benzene rings is 1. The van der Waals surface area contributed by atoms with E-state index in [1.54, 1.807) is 30.3 Å². The van der Waals surface area contributed by atoms with Gasteiger partial charge in [-0.25, -0.2) is 0 Å². The number of carbonyl (C=O) groups is 7. The van der Waals surface area contributed by atoms with Crippen molar-refractivity contribution >= 4 is 64.2 Å². The number of primary amides is 1. The molecule has 0 bridgehead atoms. The third kappa shape index (κ3) is 19.1. The van der Waals surface area contributed by atoms with Gasteiger partial charge in [0.1, 0.15) is 24.2 Å². The number of amides is 6. The summed E-state index contributed by atoms with van der Waals surface area (Å²) in [4.78, 5) is 90.4. The zero-order valence-electron chi connectivity index (χ0n) is 30.2. The lowest BCUT2D eigenvalue weighted by molar-refractivity contribution is -0.135. The second-order valence-electron chi connectivity index (χ2n) is 12.6. The third-order valence-electron chi connectivity index (χ3n) is 8.19. The lowest BCUT2D eigenvalue weighted by Crippen LogP contribution is -2.60. The van der Waals surface area contributed by atoms with E-state index in [1.165, 1.54) is 0 Å². The van der Waals surface area contributed by atoms with Gasteiger partial charge in [0.15, 0.2) is 5.68 Å². The zero-order chi connectivity index (χ0) is 39.8. The van der Waals surface area contributed by atoms with Gasteiger partial charge in [-0.1, -0.05) is 72.4 Å². The predicted molar refractivity (Wildman–Crippen MR) is 201 cm³/mol. The van der Waals surface area contributed by atoms with Gasteiger partial charge in [0.25, 0.3) is 0 Å². The molecule has 17 nitrogen and oxygen atoms in total. The van der Waals surface area contributed by atoms with Gasteiger partial charge in [-0.05, 0) is 50.6 Å². The number of aliphatic hydroxyl groups is 1. The number of nitrogens with one attached hydrogen (secondary N) is 5. The molecule has 0 radical (unpaired) electrons. The van der Waals surface area contributed by atoms with Crippen LogP contribution in [0.25, 0.3) is 0 Å². The minimum absolute atomic E-state index is 0.0751. The van der Waals surface area contributed by atoms with Gasteiger partial charge in [0.05, 0.1) is 12.6 Å². The Morgan fingerprint density at radius 3 is 1.79 bits per heavy atom. The molecule has 19 heteroatoms. The molecule has 5 atom stereocenters. The Balaban J connectivity index is 3.18. The van der Waals surface area contributed by atoms with Crippen LogP contribution in [-0.4, -0.2) is 112 Å². The van der Waals surface area contributed by atoms with Crippen molar-refractivity contribution < 1.29 is 48.7 Å². The molecule has 0 aliphatic heterocycles. The topological polar surface area (TPSA) is 292 Å². The van der Waals surface area contributed by atoms with Crippen molar-refractivity contribution in [2.24, 2.45) is 11.5 Å². The summed E-state index contributed by atoms with van der Waals surface area (Å²) in [7, 11) is -2.33. The summed E-state index contributed by atoms with van der Waals surface area (Å²) < 4.78 is 0. The number of hydrogen-bond acceptors (Lipinski definition) is 11. The molecule has 0 aromatic heterocycles. The fourth-order valence-corrected chi connectivity index (χ4v) is 5.52. The smallest absolute Gasteiger partial charge is 0.421 e. The Hall–Kier alpha value is -3.91. The Labute approximate surface area is 318 Å². The van der Waals surface area contributed by atoms with Gasteiger partial charge in [0.2, 0.25) is 35.4 Å². The van der Waals surface area contributed by atoms with E-state index in [-0.39, 0.29) is 44.4 Å². The van der Waals surface area contributed by atoms with Crippen LogP contribution in [0.15, 0.2) is 30.3 Å². The number of hydrogen-bond donors (Lipinski definition) is 10. The molecule has 1 aromatic rings. The van der Waals surface area contributed by atoms with Crippen LogP contribution in [0.2, 0.25) is 0 Å². The molecule has 1 aromatic carbocycles. The molecule has 6 amide bonds. The van der Waals surface area contributed by atoms with Crippen LogP contribution in [-0.2, 0) is 40.0 Å². The lowest BCUT2D eigenvalue weighted by Gasteiger charge is -2.26. The summed E-state index contributed by atoms with van der Waals surface area (Å²) in [6, 6.07) is 2.18. The fourth-order valence-electron chi connectivity index (χ4n) is 5.19. The molecule has 0 unspecified atom stereocenters. The predicted octanol–water partition coefficient (Wildman–Crippen LogP) is -1.62. The highest BCUT2D eigenvalue weighted by Gasteiger charge is 2.34. The van der Waals surface area contributed by atoms with Crippen LogP contribution in [0.3, 0.4) is 0 Å². The molecule has 0 spiro atoms. The van der Waals surface area contributed by atoms with Gasteiger partial charge < -0.3 is 58.0 Å². The lowest BCUT2D eigenvalue weighted by atomic mass is 9.78. The highest BCUT2D eigenvalue weighted by atomic mass is 79.9. The van der Waals surface area contributed by atoms with Crippen LogP contribution in [0.1, 0.15) is 83.1 Å². The maximum absolute atomic E-state index is 13.5. The van der Waals surface area contributed by atoms with E-state index < -0.39 is 79.2 Å². The van der Waals surface area contributed by atoms with Crippen LogP contribution < -0.4 is 38.1 Å². The van der Waals surface area contributed by atoms with Crippen molar-refractivity contribution in [1.29, 1.82) is 0 Å². The average molecular weight is 813 g/mol. The second kappa shape index (κ2) is 26.8. The summed E-state index contributed by atoms with van der Waals surface area (Å²) in [6.45, 7) is 1.44. The summed E-state index contributed by atoms with van der Waals surface area (Å²) in [5, 5.41) is 41.9. The molecule has 0 aliphatic carbocycles. The minimum Gasteiger partial charge on any atom is -0.421 e. The first-order valence-corrected chi connectivity index (χ1v) is 19.0. The number of carbonyl (C=O) groups excluding carboxylic acids is 7. The molecule has 53 heavy (non-hydrogen) atoms. The van der Waals surface area contributed by atoms with Crippen molar-refractivity contribution in [2.45, 2.75) is 114 Å². The minimum atomic E-state index is -2.33. The number of unbranched alkanes of at least 4 members (excludes halogenated alkanes) is 3. The maximum Gasteiger partial charge on any atom is 0.529 e. The van der Waals surface area contributed by atoms with E-state index in [2.05, 4.69) is 42.5 Å². The monoisotopic (exact) mass is 811 g/mol. The van der Waals surface area contributed by atoms with E-state index >= 15 is 0 Å². The first-order chi connectivity index (χ1) is 25.3. The molecule has 0 saturated heterocycles. The second-order valence-corrected chi connectivity index (χ2v) is 13.4. The standard InChI is InChI=1S/C34H55BBrN7O10/c1-2-3-13-24(31(48)40-23(14-10-18-36)30(47)35(52)53)41-32(49)25(16-17-28(38)45)42-34(51)27(21-44)43-33(50)26(20-22-11-6-4-7-12-22)39-29(46)15-8-5-9-19-37/h4,6-7,11-12,23-27,44,52-53H,2-3,5,8-10,13-21,37H2,1H3,(H2,38,45)(H,39,46)(H,40,48)(H,41,49)(H,42,51)(H,43,50)/t23-,24-,25-,26-,27-/m0/s1. The molecule has 0 aliphatic rings. The number of rotatable bonds is 28. The quantitative estimate of drug-likeness (QED) is 0.0261. The Morgan fingerprint density at radius 2 is 1.25 bits per heavy atom.